The van der Waals surface area contributed by atoms with Crippen molar-refractivity contribution in [3.05, 3.63) is 148 Å². The van der Waals surface area contributed by atoms with Crippen molar-refractivity contribution in [1.82, 2.24) is 0 Å². The smallest absolute Gasteiger partial charge is 0.206 e. The van der Waals surface area contributed by atoms with Crippen molar-refractivity contribution in [3.8, 4) is 56.0 Å². The highest BCUT2D eigenvalue weighted by molar-refractivity contribution is 5.90. The third-order valence-corrected chi connectivity index (χ3v) is 10.8. The molecular formula is C43H33O+. The van der Waals surface area contributed by atoms with Crippen molar-refractivity contribution in [3.63, 3.8) is 0 Å². The summed E-state index contributed by atoms with van der Waals surface area (Å²) in [6.45, 7) is 0. The molecule has 6 aromatic rings. The van der Waals surface area contributed by atoms with E-state index in [1.54, 1.807) is 0 Å². The van der Waals surface area contributed by atoms with E-state index in [9.17, 15) is 0 Å². The van der Waals surface area contributed by atoms with Crippen LogP contribution >= 0.6 is 0 Å². The van der Waals surface area contributed by atoms with E-state index >= 15 is 0 Å². The van der Waals surface area contributed by atoms with Gasteiger partial charge in [-0.2, -0.15) is 0 Å². The van der Waals surface area contributed by atoms with Crippen molar-refractivity contribution < 1.29 is 4.42 Å². The van der Waals surface area contributed by atoms with Crippen LogP contribution in [0.5, 0.6) is 0 Å². The Morgan fingerprint density at radius 3 is 1.32 bits per heavy atom. The lowest BCUT2D eigenvalue weighted by Crippen LogP contribution is -2.14. The Labute approximate surface area is 258 Å². The molecule has 1 aromatic heterocycles. The van der Waals surface area contributed by atoms with Gasteiger partial charge in [0.2, 0.25) is 0 Å². The quantitative estimate of drug-likeness (QED) is 0.181. The van der Waals surface area contributed by atoms with E-state index < -0.39 is 0 Å². The molecule has 0 fully saturated rings. The standard InChI is InChI=1S/C43H33O/c1-2-10-28(11-3-1)41-35-20-18-31-22-29-16-14-26-8-4-6-12-33(26)37(29)24-39(31)42(35)44-43-36(41)21-19-32-23-30-17-15-27-9-5-7-13-34(27)38(30)25-40(32)43/h1-13,22-25H,14-21H2/q+1. The van der Waals surface area contributed by atoms with E-state index in [0.29, 0.717) is 0 Å². The minimum atomic E-state index is 1.02. The van der Waals surface area contributed by atoms with Crippen LogP contribution in [0, 0.1) is 0 Å². The first-order valence-corrected chi connectivity index (χ1v) is 16.4. The summed E-state index contributed by atoms with van der Waals surface area (Å²) in [5.74, 6) is 2.17. The molecule has 1 nitrogen and oxygen atoms in total. The summed E-state index contributed by atoms with van der Waals surface area (Å²) in [5.41, 5.74) is 22.4. The molecule has 0 spiro atoms. The second-order valence-electron chi connectivity index (χ2n) is 13.1. The van der Waals surface area contributed by atoms with Crippen LogP contribution in [0.3, 0.4) is 0 Å². The maximum atomic E-state index is 7.30. The van der Waals surface area contributed by atoms with Crippen LogP contribution < -0.4 is 0 Å². The molecular weight excluding hydrogens is 532 g/mol. The van der Waals surface area contributed by atoms with Gasteiger partial charge in [-0.25, -0.2) is 4.42 Å². The van der Waals surface area contributed by atoms with Gasteiger partial charge in [-0.15, -0.1) is 0 Å². The van der Waals surface area contributed by atoms with Crippen molar-refractivity contribution in [1.29, 1.82) is 0 Å². The summed E-state index contributed by atoms with van der Waals surface area (Å²) in [5, 5.41) is 0. The largest absolute Gasteiger partial charge is 0.364 e. The predicted molar refractivity (Wildman–Crippen MR) is 180 cm³/mol. The van der Waals surface area contributed by atoms with Crippen LogP contribution in [0.15, 0.2) is 108 Å². The highest BCUT2D eigenvalue weighted by Crippen LogP contribution is 2.50. The molecule has 0 atom stereocenters. The van der Waals surface area contributed by atoms with Crippen LogP contribution in [-0.4, -0.2) is 0 Å². The van der Waals surface area contributed by atoms with Crippen LogP contribution in [0.25, 0.3) is 56.0 Å². The lowest BCUT2D eigenvalue weighted by Gasteiger charge is -2.26. The lowest BCUT2D eigenvalue weighted by atomic mass is 9.76. The topological polar surface area (TPSA) is 11.3 Å². The first-order chi connectivity index (χ1) is 21.8. The van der Waals surface area contributed by atoms with Gasteiger partial charge in [0.25, 0.3) is 0 Å². The summed E-state index contributed by atoms with van der Waals surface area (Å²) in [7, 11) is 0. The Balaban J connectivity index is 1.25. The number of hydrogen-bond acceptors (Lipinski definition) is 0. The van der Waals surface area contributed by atoms with Crippen LogP contribution in [0.1, 0.15) is 44.5 Å². The van der Waals surface area contributed by atoms with Crippen molar-refractivity contribution >= 4 is 0 Å². The van der Waals surface area contributed by atoms with Crippen LogP contribution in [0.4, 0.5) is 0 Å². The van der Waals surface area contributed by atoms with Crippen molar-refractivity contribution in [2.75, 3.05) is 0 Å². The number of rotatable bonds is 1. The fourth-order valence-corrected chi connectivity index (χ4v) is 8.70. The second-order valence-corrected chi connectivity index (χ2v) is 13.1. The van der Waals surface area contributed by atoms with Crippen LogP contribution in [0.2, 0.25) is 0 Å². The average molecular weight is 566 g/mol. The van der Waals surface area contributed by atoms with E-state index in [1.807, 2.05) is 0 Å². The molecule has 0 saturated carbocycles. The zero-order valence-corrected chi connectivity index (χ0v) is 24.9. The summed E-state index contributed by atoms with van der Waals surface area (Å²) in [6.07, 6.45) is 8.63. The normalized spacial score (nSPS) is 15.0. The highest BCUT2D eigenvalue weighted by Gasteiger charge is 2.39. The number of fused-ring (bicyclic) bond motifs is 12. The Hall–Kier alpha value is -4.75. The summed E-state index contributed by atoms with van der Waals surface area (Å²) < 4.78 is 7.30. The Kier molecular flexibility index (Phi) is 5.25. The molecule has 0 amide bonds. The molecule has 0 aliphatic heterocycles. The fraction of sp³-hybridized carbons (Fsp3) is 0.186. The molecule has 0 N–H and O–H groups in total. The van der Waals surface area contributed by atoms with E-state index in [0.717, 1.165) is 62.9 Å². The number of benzene rings is 5. The second kappa shape index (κ2) is 9.37. The lowest BCUT2D eigenvalue weighted by molar-refractivity contribution is 0.556. The van der Waals surface area contributed by atoms with Gasteiger partial charge < -0.3 is 0 Å². The first-order valence-electron chi connectivity index (χ1n) is 16.4. The SMILES string of the molecule is c1ccc(-c2c3c([o+]c4c2CCc2cc5c(cc2-4)-c2ccccc2CC5)-c2cc4c(cc2CC3)CCc2ccccc2-4)cc1. The molecule has 44 heavy (non-hydrogen) atoms. The Morgan fingerprint density at radius 2 is 0.773 bits per heavy atom. The van der Waals surface area contributed by atoms with Crippen molar-refractivity contribution in [2.45, 2.75) is 51.4 Å². The molecule has 5 aromatic carbocycles. The van der Waals surface area contributed by atoms with E-state index in [1.165, 1.54) is 89.0 Å². The first kappa shape index (κ1) is 24.7. The Morgan fingerprint density at radius 1 is 0.341 bits per heavy atom. The molecule has 1 heteroatoms. The molecule has 4 aliphatic rings. The monoisotopic (exact) mass is 565 g/mol. The van der Waals surface area contributed by atoms with Gasteiger partial charge in [0.15, 0.2) is 0 Å². The van der Waals surface area contributed by atoms with Gasteiger partial charge in [-0.05, 0) is 125 Å². The van der Waals surface area contributed by atoms with Gasteiger partial charge in [-0.1, -0.05) is 91.0 Å². The summed E-state index contributed by atoms with van der Waals surface area (Å²) in [4.78, 5) is 0. The van der Waals surface area contributed by atoms with Gasteiger partial charge >= 0.3 is 11.5 Å². The van der Waals surface area contributed by atoms with Crippen molar-refractivity contribution in [2.24, 2.45) is 0 Å². The average Bonchev–Trinajstić information content (AvgIpc) is 3.09. The van der Waals surface area contributed by atoms with Gasteiger partial charge in [0.05, 0.1) is 22.3 Å². The molecule has 0 saturated heterocycles. The molecule has 1 heterocycles. The summed E-state index contributed by atoms with van der Waals surface area (Å²) >= 11 is 0. The minimum absolute atomic E-state index is 1.02. The fourth-order valence-electron chi connectivity index (χ4n) is 8.70. The van der Waals surface area contributed by atoms with E-state index in [2.05, 4.69) is 103 Å². The predicted octanol–water partition coefficient (Wildman–Crippen LogP) is 10.3. The van der Waals surface area contributed by atoms with E-state index in [4.69, 9.17) is 4.42 Å². The third-order valence-electron chi connectivity index (χ3n) is 10.8. The zero-order chi connectivity index (χ0) is 28.8. The number of aryl methyl sites for hydroxylation is 6. The van der Waals surface area contributed by atoms with Gasteiger partial charge in [0, 0.05) is 5.56 Å². The molecule has 4 aliphatic carbocycles. The van der Waals surface area contributed by atoms with E-state index in [-0.39, 0.29) is 0 Å². The third kappa shape index (κ3) is 3.56. The maximum absolute atomic E-state index is 7.30. The molecule has 0 radical (unpaired) electrons. The molecule has 0 bridgehead atoms. The van der Waals surface area contributed by atoms with Crippen LogP contribution in [-0.2, 0) is 51.4 Å². The summed E-state index contributed by atoms with van der Waals surface area (Å²) in [6, 6.07) is 39.0. The highest BCUT2D eigenvalue weighted by atomic mass is 16.3. The molecule has 0 unspecified atom stereocenters. The van der Waals surface area contributed by atoms with Gasteiger partial charge in [-0.3, -0.25) is 0 Å². The molecule has 10 rings (SSSR count). The maximum Gasteiger partial charge on any atom is 0.364 e. The number of hydrogen-bond donors (Lipinski definition) is 0. The van der Waals surface area contributed by atoms with Gasteiger partial charge in [0.1, 0.15) is 0 Å². The Bertz CT molecular complexity index is 2030. The zero-order valence-electron chi connectivity index (χ0n) is 24.9. The molecule has 210 valence electrons. The minimum Gasteiger partial charge on any atom is -0.206 e.